The number of benzene rings is 1. The highest BCUT2D eigenvalue weighted by molar-refractivity contribution is 7.10. The molecule has 0 spiro atoms. The molecule has 148 valence electrons. The Bertz CT molecular complexity index is 844. The summed E-state index contributed by atoms with van der Waals surface area (Å²) in [6, 6.07) is 9.82. The van der Waals surface area contributed by atoms with Crippen LogP contribution in [0.1, 0.15) is 35.4 Å². The molecule has 0 radical (unpaired) electrons. The molecule has 0 unspecified atom stereocenters. The number of fused-ring (bicyclic) bond motifs is 1. The summed E-state index contributed by atoms with van der Waals surface area (Å²) < 4.78 is 5.27. The van der Waals surface area contributed by atoms with Crippen LogP contribution in [-0.4, -0.2) is 48.4 Å². The van der Waals surface area contributed by atoms with Crippen LogP contribution in [0.25, 0.3) is 0 Å². The number of methoxy groups -OCH3 is 1. The van der Waals surface area contributed by atoms with Gasteiger partial charge in [0.05, 0.1) is 13.2 Å². The third kappa shape index (κ3) is 4.12. The van der Waals surface area contributed by atoms with Crippen molar-refractivity contribution >= 4 is 23.2 Å². The number of thiophene rings is 1. The van der Waals surface area contributed by atoms with Crippen molar-refractivity contribution in [2.24, 2.45) is 0 Å². The normalized spacial score (nSPS) is 15.6. The quantitative estimate of drug-likeness (QED) is 0.669. The van der Waals surface area contributed by atoms with E-state index < -0.39 is 0 Å². The van der Waals surface area contributed by atoms with E-state index in [4.69, 9.17) is 4.74 Å². The molecule has 0 N–H and O–H groups in total. The van der Waals surface area contributed by atoms with E-state index in [0.717, 1.165) is 17.7 Å². The highest BCUT2D eigenvalue weighted by Gasteiger charge is 2.33. The van der Waals surface area contributed by atoms with Crippen LogP contribution in [0, 0.1) is 0 Å². The predicted octanol–water partition coefficient (Wildman–Crippen LogP) is 3.66. The Morgan fingerprint density at radius 3 is 2.71 bits per heavy atom. The summed E-state index contributed by atoms with van der Waals surface area (Å²) in [6.45, 7) is 6.61. The fourth-order valence-corrected chi connectivity index (χ4v) is 4.52. The minimum absolute atomic E-state index is 0.0394. The van der Waals surface area contributed by atoms with Gasteiger partial charge in [0.1, 0.15) is 12.3 Å². The lowest BCUT2D eigenvalue weighted by atomic mass is 9.93. The predicted molar refractivity (Wildman–Crippen MR) is 112 cm³/mol. The average Bonchev–Trinajstić information content (AvgIpc) is 3.21. The van der Waals surface area contributed by atoms with E-state index in [-0.39, 0.29) is 24.4 Å². The van der Waals surface area contributed by atoms with Gasteiger partial charge < -0.3 is 14.5 Å². The standard InChI is InChI=1S/C22H26N2O3S/c1-4-12-23(20(25)5-2)15-21(26)24-13-10-19-18(11-14-28-19)22(24)16-6-8-17(27-3)9-7-16/h4,6-9,11,14,22H,1,5,10,12-13,15H2,2-3H3/t22-/m0/s1. The lowest BCUT2D eigenvalue weighted by molar-refractivity contribution is -0.141. The fourth-order valence-electron chi connectivity index (χ4n) is 3.62. The summed E-state index contributed by atoms with van der Waals surface area (Å²) >= 11 is 1.74. The van der Waals surface area contributed by atoms with Gasteiger partial charge >= 0.3 is 0 Å². The zero-order valence-corrected chi connectivity index (χ0v) is 17.2. The van der Waals surface area contributed by atoms with Crippen molar-refractivity contribution in [3.63, 3.8) is 0 Å². The fraction of sp³-hybridized carbons (Fsp3) is 0.364. The van der Waals surface area contributed by atoms with Crippen LogP contribution in [-0.2, 0) is 16.0 Å². The summed E-state index contributed by atoms with van der Waals surface area (Å²) in [4.78, 5) is 30.2. The molecule has 2 amide bonds. The molecule has 0 saturated carbocycles. The van der Waals surface area contributed by atoms with Gasteiger partial charge in [-0.15, -0.1) is 17.9 Å². The molecular weight excluding hydrogens is 372 g/mol. The molecular formula is C22H26N2O3S. The molecule has 1 atom stereocenters. The first-order valence-electron chi connectivity index (χ1n) is 9.47. The number of amides is 2. The van der Waals surface area contributed by atoms with Gasteiger partial charge in [-0.05, 0) is 41.1 Å². The number of ether oxygens (including phenoxy) is 1. The maximum absolute atomic E-state index is 13.2. The highest BCUT2D eigenvalue weighted by Crippen LogP contribution is 2.38. The van der Waals surface area contributed by atoms with Crippen LogP contribution in [0.3, 0.4) is 0 Å². The van der Waals surface area contributed by atoms with E-state index in [1.54, 1.807) is 29.4 Å². The Labute approximate surface area is 170 Å². The SMILES string of the molecule is C=CCN(CC(=O)N1CCc2sccc2[C@@H]1c1ccc(OC)cc1)C(=O)CC. The largest absolute Gasteiger partial charge is 0.497 e. The molecule has 0 bridgehead atoms. The second kappa shape index (κ2) is 9.06. The third-order valence-electron chi connectivity index (χ3n) is 5.05. The van der Waals surface area contributed by atoms with Crippen molar-refractivity contribution in [1.29, 1.82) is 0 Å². The van der Waals surface area contributed by atoms with Crippen LogP contribution in [0.15, 0.2) is 48.4 Å². The first-order valence-corrected chi connectivity index (χ1v) is 10.3. The molecule has 1 aliphatic heterocycles. The summed E-state index contributed by atoms with van der Waals surface area (Å²) in [5, 5.41) is 2.08. The Morgan fingerprint density at radius 2 is 2.07 bits per heavy atom. The van der Waals surface area contributed by atoms with Gasteiger partial charge in [-0.25, -0.2) is 0 Å². The lowest BCUT2D eigenvalue weighted by Crippen LogP contribution is -2.46. The van der Waals surface area contributed by atoms with Gasteiger partial charge in [-0.2, -0.15) is 0 Å². The molecule has 5 nitrogen and oxygen atoms in total. The molecule has 1 aromatic carbocycles. The second-order valence-corrected chi connectivity index (χ2v) is 7.73. The molecule has 0 fully saturated rings. The van der Waals surface area contributed by atoms with Crippen molar-refractivity contribution in [3.8, 4) is 5.75 Å². The molecule has 6 heteroatoms. The van der Waals surface area contributed by atoms with Crippen molar-refractivity contribution in [1.82, 2.24) is 9.80 Å². The van der Waals surface area contributed by atoms with E-state index >= 15 is 0 Å². The van der Waals surface area contributed by atoms with Gasteiger partial charge in [-0.1, -0.05) is 25.1 Å². The van der Waals surface area contributed by atoms with Gasteiger partial charge in [0.2, 0.25) is 11.8 Å². The molecule has 0 saturated heterocycles. The first kappa shape index (κ1) is 20.1. The Balaban J connectivity index is 1.90. The smallest absolute Gasteiger partial charge is 0.243 e. The summed E-state index contributed by atoms with van der Waals surface area (Å²) in [5.41, 5.74) is 2.22. The summed E-state index contributed by atoms with van der Waals surface area (Å²) in [6.07, 6.45) is 2.88. The maximum atomic E-state index is 13.2. The van der Waals surface area contributed by atoms with E-state index in [2.05, 4.69) is 18.0 Å². The highest BCUT2D eigenvalue weighted by atomic mass is 32.1. The van der Waals surface area contributed by atoms with E-state index in [9.17, 15) is 9.59 Å². The van der Waals surface area contributed by atoms with Crippen LogP contribution < -0.4 is 4.74 Å². The number of hydrogen-bond acceptors (Lipinski definition) is 4. The number of carbonyl (C=O) groups excluding carboxylic acids is 2. The van der Waals surface area contributed by atoms with Crippen molar-refractivity contribution in [2.75, 3.05) is 26.7 Å². The number of carbonyl (C=O) groups is 2. The van der Waals surface area contributed by atoms with Gasteiger partial charge in [-0.3, -0.25) is 9.59 Å². The topological polar surface area (TPSA) is 49.9 Å². The molecule has 3 rings (SSSR count). The Kier molecular flexibility index (Phi) is 6.52. The van der Waals surface area contributed by atoms with E-state index in [0.29, 0.717) is 19.5 Å². The van der Waals surface area contributed by atoms with Gasteiger partial charge in [0, 0.05) is 24.4 Å². The zero-order chi connectivity index (χ0) is 20.1. The van der Waals surface area contributed by atoms with Crippen molar-refractivity contribution < 1.29 is 14.3 Å². The van der Waals surface area contributed by atoms with Crippen molar-refractivity contribution in [3.05, 3.63) is 64.4 Å². The van der Waals surface area contributed by atoms with Gasteiger partial charge in [0.25, 0.3) is 0 Å². The Morgan fingerprint density at radius 1 is 1.32 bits per heavy atom. The van der Waals surface area contributed by atoms with E-state index in [1.165, 1.54) is 10.4 Å². The summed E-state index contributed by atoms with van der Waals surface area (Å²) in [5.74, 6) is 0.706. The lowest BCUT2D eigenvalue weighted by Gasteiger charge is -2.37. The molecule has 2 heterocycles. The van der Waals surface area contributed by atoms with Crippen LogP contribution in [0.2, 0.25) is 0 Å². The Hall–Kier alpha value is -2.60. The molecule has 1 aromatic heterocycles. The number of hydrogen-bond donors (Lipinski definition) is 0. The van der Waals surface area contributed by atoms with Crippen molar-refractivity contribution in [2.45, 2.75) is 25.8 Å². The van der Waals surface area contributed by atoms with Crippen LogP contribution in [0.5, 0.6) is 5.75 Å². The zero-order valence-electron chi connectivity index (χ0n) is 16.4. The van der Waals surface area contributed by atoms with Gasteiger partial charge in [0.15, 0.2) is 0 Å². The van der Waals surface area contributed by atoms with Crippen LogP contribution in [0.4, 0.5) is 0 Å². The minimum Gasteiger partial charge on any atom is -0.497 e. The third-order valence-corrected chi connectivity index (χ3v) is 6.05. The molecule has 0 aliphatic carbocycles. The molecule has 2 aromatic rings. The second-order valence-electron chi connectivity index (χ2n) is 6.73. The molecule has 1 aliphatic rings. The molecule has 28 heavy (non-hydrogen) atoms. The van der Waals surface area contributed by atoms with E-state index in [1.807, 2.05) is 36.1 Å². The maximum Gasteiger partial charge on any atom is 0.243 e. The minimum atomic E-state index is -0.143. The summed E-state index contributed by atoms with van der Waals surface area (Å²) in [7, 11) is 1.64. The average molecular weight is 399 g/mol. The van der Waals surface area contributed by atoms with Crippen LogP contribution >= 0.6 is 11.3 Å². The number of nitrogens with zero attached hydrogens (tertiary/aromatic N) is 2. The number of rotatable bonds is 7. The monoisotopic (exact) mass is 398 g/mol. The first-order chi connectivity index (χ1) is 13.6.